The molecule has 24 heavy (non-hydrogen) atoms. The summed E-state index contributed by atoms with van der Waals surface area (Å²) in [5, 5.41) is 20.7. The molecule has 0 bridgehead atoms. The van der Waals surface area contributed by atoms with Crippen LogP contribution in [-0.2, 0) is 6.42 Å². The molecule has 0 spiro atoms. The van der Waals surface area contributed by atoms with E-state index in [0.29, 0.717) is 5.46 Å². The highest BCUT2D eigenvalue weighted by Gasteiger charge is 2.13. The van der Waals surface area contributed by atoms with Crippen molar-refractivity contribution in [3.05, 3.63) is 66.5 Å². The van der Waals surface area contributed by atoms with Crippen LogP contribution in [0.4, 0.5) is 0 Å². The van der Waals surface area contributed by atoms with Gasteiger partial charge in [-0.1, -0.05) is 43.3 Å². The fourth-order valence-corrected chi connectivity index (χ4v) is 3.15. The van der Waals surface area contributed by atoms with Gasteiger partial charge in [-0.3, -0.25) is 4.57 Å². The van der Waals surface area contributed by atoms with Gasteiger partial charge in [0.25, 0.3) is 0 Å². The van der Waals surface area contributed by atoms with Crippen LogP contribution in [0, 0.1) is 0 Å². The molecule has 4 nitrogen and oxygen atoms in total. The number of hydrogen-bond acceptors (Lipinski definition) is 3. The van der Waals surface area contributed by atoms with Gasteiger partial charge in [0.05, 0.1) is 11.0 Å². The van der Waals surface area contributed by atoms with Crippen molar-refractivity contribution in [1.29, 1.82) is 0 Å². The highest BCUT2D eigenvalue weighted by molar-refractivity contribution is 6.58. The second kappa shape index (κ2) is 5.78. The molecule has 0 atom stereocenters. The van der Waals surface area contributed by atoms with Crippen LogP contribution in [-0.4, -0.2) is 26.7 Å². The molecule has 1 aromatic heterocycles. The van der Waals surface area contributed by atoms with Gasteiger partial charge in [-0.15, -0.1) is 0 Å². The topological polar surface area (TPSA) is 58.3 Å². The highest BCUT2D eigenvalue weighted by Crippen LogP contribution is 2.24. The molecule has 2 N–H and O–H groups in total. The average molecular weight is 316 g/mol. The van der Waals surface area contributed by atoms with E-state index in [9.17, 15) is 10.0 Å². The van der Waals surface area contributed by atoms with Crippen LogP contribution in [0.25, 0.3) is 27.5 Å². The van der Waals surface area contributed by atoms with E-state index in [4.69, 9.17) is 4.98 Å². The molecule has 4 aromatic rings. The number of benzene rings is 3. The first-order valence-corrected chi connectivity index (χ1v) is 8.04. The normalized spacial score (nSPS) is 11.3. The van der Waals surface area contributed by atoms with Crippen LogP contribution < -0.4 is 5.46 Å². The van der Waals surface area contributed by atoms with E-state index >= 15 is 0 Å². The third-order valence-electron chi connectivity index (χ3n) is 4.35. The molecule has 0 amide bonds. The molecule has 3 aromatic carbocycles. The fourth-order valence-electron chi connectivity index (χ4n) is 3.15. The fraction of sp³-hybridized carbons (Fsp3) is 0.105. The van der Waals surface area contributed by atoms with Gasteiger partial charge in [0.2, 0.25) is 0 Å². The van der Waals surface area contributed by atoms with Gasteiger partial charge >= 0.3 is 7.12 Å². The molecular weight excluding hydrogens is 299 g/mol. The molecule has 0 unspecified atom stereocenters. The third kappa shape index (κ3) is 2.38. The van der Waals surface area contributed by atoms with E-state index in [2.05, 4.69) is 23.6 Å². The van der Waals surface area contributed by atoms with Crippen molar-refractivity contribution >= 4 is 34.4 Å². The van der Waals surface area contributed by atoms with Gasteiger partial charge < -0.3 is 10.0 Å². The summed E-state index contributed by atoms with van der Waals surface area (Å²) in [6.45, 7) is 2.10. The number of para-hydroxylation sites is 2. The second-order valence-electron chi connectivity index (χ2n) is 5.87. The molecule has 0 fully saturated rings. The van der Waals surface area contributed by atoms with Gasteiger partial charge in [0.1, 0.15) is 5.82 Å². The largest absolute Gasteiger partial charge is 0.488 e. The van der Waals surface area contributed by atoms with Crippen LogP contribution in [0.5, 0.6) is 0 Å². The molecule has 0 saturated carbocycles. The van der Waals surface area contributed by atoms with Crippen LogP contribution in [0.15, 0.2) is 60.7 Å². The zero-order valence-electron chi connectivity index (χ0n) is 13.3. The number of aryl methyl sites for hydroxylation is 1. The molecule has 5 heteroatoms. The Kier molecular flexibility index (Phi) is 3.60. The summed E-state index contributed by atoms with van der Waals surface area (Å²) < 4.78 is 2.18. The van der Waals surface area contributed by atoms with Gasteiger partial charge in [-0.05, 0) is 40.5 Å². The summed E-state index contributed by atoms with van der Waals surface area (Å²) in [5.41, 5.74) is 3.65. The van der Waals surface area contributed by atoms with Crippen molar-refractivity contribution in [2.24, 2.45) is 0 Å². The van der Waals surface area contributed by atoms with Crippen LogP contribution in [0.1, 0.15) is 12.7 Å². The van der Waals surface area contributed by atoms with E-state index in [0.717, 1.165) is 39.7 Å². The Hall–Kier alpha value is -2.63. The summed E-state index contributed by atoms with van der Waals surface area (Å²) in [4.78, 5) is 4.72. The summed E-state index contributed by atoms with van der Waals surface area (Å²) in [5.74, 6) is 1.03. The van der Waals surface area contributed by atoms with Gasteiger partial charge in [-0.2, -0.15) is 0 Å². The molecule has 0 aliphatic rings. The Morgan fingerprint density at radius 3 is 2.50 bits per heavy atom. The summed E-state index contributed by atoms with van der Waals surface area (Å²) in [7, 11) is -1.45. The molecule has 4 rings (SSSR count). The monoisotopic (exact) mass is 316 g/mol. The number of aromatic nitrogens is 2. The first-order chi connectivity index (χ1) is 11.7. The highest BCUT2D eigenvalue weighted by atomic mass is 16.4. The molecule has 0 aliphatic carbocycles. The zero-order chi connectivity index (χ0) is 16.7. The van der Waals surface area contributed by atoms with E-state index in [1.807, 2.05) is 36.4 Å². The number of fused-ring (bicyclic) bond motifs is 2. The number of hydrogen-bond donors (Lipinski definition) is 2. The maximum absolute atomic E-state index is 9.32. The molecule has 1 heterocycles. The second-order valence-corrected chi connectivity index (χ2v) is 5.87. The smallest absolute Gasteiger partial charge is 0.423 e. The van der Waals surface area contributed by atoms with Crippen LogP contribution in [0.2, 0.25) is 0 Å². The predicted octanol–water partition coefficient (Wildman–Crippen LogP) is 2.42. The van der Waals surface area contributed by atoms with Crippen molar-refractivity contribution < 1.29 is 10.0 Å². The number of nitrogens with zero attached hydrogens (tertiary/aromatic N) is 2. The van der Waals surface area contributed by atoms with Crippen molar-refractivity contribution in [1.82, 2.24) is 9.55 Å². The van der Waals surface area contributed by atoms with E-state index in [-0.39, 0.29) is 0 Å². The minimum Gasteiger partial charge on any atom is -0.423 e. The number of rotatable bonds is 3. The van der Waals surface area contributed by atoms with E-state index in [1.54, 1.807) is 12.1 Å². The SMILES string of the molecule is CCc1nc2ccccc2n1-c1ccc2cc(B(O)O)ccc2c1. The Bertz CT molecular complexity index is 1040. The standard InChI is InChI=1S/C19H17BN2O2/c1-2-19-21-17-5-3-4-6-18(17)22(19)16-10-8-13-11-15(20(23)24)9-7-14(13)12-16/h3-12,23-24H,2H2,1H3. The molecular formula is C19H17BN2O2. The third-order valence-corrected chi connectivity index (χ3v) is 4.35. The predicted molar refractivity (Wildman–Crippen MR) is 97.8 cm³/mol. The van der Waals surface area contributed by atoms with Crippen LogP contribution in [0.3, 0.4) is 0 Å². The Balaban J connectivity index is 1.92. The van der Waals surface area contributed by atoms with Crippen molar-refractivity contribution in [2.75, 3.05) is 0 Å². The van der Waals surface area contributed by atoms with Crippen molar-refractivity contribution in [3.63, 3.8) is 0 Å². The molecule has 0 saturated heterocycles. The van der Waals surface area contributed by atoms with Gasteiger partial charge in [0.15, 0.2) is 0 Å². The molecule has 118 valence electrons. The minimum absolute atomic E-state index is 0.498. The lowest BCUT2D eigenvalue weighted by Gasteiger charge is -2.10. The van der Waals surface area contributed by atoms with Crippen molar-refractivity contribution in [3.8, 4) is 5.69 Å². The first kappa shape index (κ1) is 14.9. The van der Waals surface area contributed by atoms with E-state index in [1.165, 1.54) is 0 Å². The zero-order valence-corrected chi connectivity index (χ0v) is 13.3. The Labute approximate surface area is 140 Å². The minimum atomic E-state index is -1.45. The van der Waals surface area contributed by atoms with Gasteiger partial charge in [0, 0.05) is 12.1 Å². The average Bonchev–Trinajstić information content (AvgIpc) is 2.99. The maximum atomic E-state index is 9.32. The molecule has 0 aliphatic heterocycles. The van der Waals surface area contributed by atoms with Crippen molar-refractivity contribution in [2.45, 2.75) is 13.3 Å². The lowest BCUT2D eigenvalue weighted by atomic mass is 9.79. The van der Waals surface area contributed by atoms with Gasteiger partial charge in [-0.25, -0.2) is 4.98 Å². The quantitative estimate of drug-likeness (QED) is 0.571. The summed E-state index contributed by atoms with van der Waals surface area (Å²) >= 11 is 0. The Morgan fingerprint density at radius 1 is 0.958 bits per heavy atom. The number of imidazole rings is 1. The lowest BCUT2D eigenvalue weighted by molar-refractivity contribution is 0.426. The first-order valence-electron chi connectivity index (χ1n) is 8.04. The maximum Gasteiger partial charge on any atom is 0.488 e. The van der Waals surface area contributed by atoms with Crippen LogP contribution >= 0.6 is 0 Å². The van der Waals surface area contributed by atoms with E-state index < -0.39 is 7.12 Å². The molecule has 0 radical (unpaired) electrons. The lowest BCUT2D eigenvalue weighted by Crippen LogP contribution is -2.29. The Morgan fingerprint density at radius 2 is 1.71 bits per heavy atom. The summed E-state index contributed by atoms with van der Waals surface area (Å²) in [6, 6.07) is 19.7. The summed E-state index contributed by atoms with van der Waals surface area (Å²) in [6.07, 6.45) is 0.850.